The van der Waals surface area contributed by atoms with Crippen LogP contribution in [-0.2, 0) is 7.05 Å². The third-order valence-electron chi connectivity index (χ3n) is 2.71. The zero-order valence-corrected chi connectivity index (χ0v) is 11.3. The lowest BCUT2D eigenvalue weighted by molar-refractivity contribution is 0.700. The minimum atomic E-state index is 0.630. The van der Waals surface area contributed by atoms with Crippen LogP contribution in [0.5, 0.6) is 0 Å². The number of anilines is 1. The van der Waals surface area contributed by atoms with Crippen LogP contribution in [-0.4, -0.2) is 33.1 Å². The van der Waals surface area contributed by atoms with Crippen molar-refractivity contribution in [1.29, 1.82) is 0 Å². The molecule has 5 heteroatoms. The van der Waals surface area contributed by atoms with E-state index in [2.05, 4.69) is 28.5 Å². The number of rotatable bonds is 5. The molecular weight excluding hydrogens is 232 g/mol. The molecule has 1 atom stereocenters. The molecule has 0 saturated heterocycles. The molecule has 92 valence electrons. The van der Waals surface area contributed by atoms with Gasteiger partial charge >= 0.3 is 0 Å². The van der Waals surface area contributed by atoms with E-state index >= 15 is 0 Å². The third-order valence-corrected chi connectivity index (χ3v) is 3.61. The summed E-state index contributed by atoms with van der Waals surface area (Å²) in [7, 11) is 2.00. The molecule has 4 nitrogen and oxygen atoms in total. The van der Waals surface area contributed by atoms with Crippen LogP contribution < -0.4 is 5.32 Å². The number of aromatic nitrogens is 3. The standard InChI is InChI=1S/C12H18N4S/c1-9(7-17-3)6-14-12-11-10(4-5-13-12)16(2)8-15-11/h4-5,8-9H,6-7H2,1-3H3,(H,13,14). The van der Waals surface area contributed by atoms with Crippen LogP contribution in [0.15, 0.2) is 18.6 Å². The van der Waals surface area contributed by atoms with Gasteiger partial charge in [0.2, 0.25) is 0 Å². The molecule has 0 aliphatic carbocycles. The van der Waals surface area contributed by atoms with Crippen LogP contribution in [0.1, 0.15) is 6.92 Å². The highest BCUT2D eigenvalue weighted by Gasteiger charge is 2.07. The normalized spacial score (nSPS) is 12.9. The molecular formula is C12H18N4S. The van der Waals surface area contributed by atoms with E-state index in [0.717, 1.165) is 29.1 Å². The van der Waals surface area contributed by atoms with Gasteiger partial charge in [0.05, 0.1) is 11.8 Å². The van der Waals surface area contributed by atoms with Crippen molar-refractivity contribution in [3.63, 3.8) is 0 Å². The van der Waals surface area contributed by atoms with Gasteiger partial charge in [-0.15, -0.1) is 0 Å². The second-order valence-electron chi connectivity index (χ2n) is 4.32. The summed E-state index contributed by atoms with van der Waals surface area (Å²) in [5.41, 5.74) is 2.06. The lowest BCUT2D eigenvalue weighted by atomic mass is 10.2. The van der Waals surface area contributed by atoms with Crippen LogP contribution in [0.25, 0.3) is 11.0 Å². The Morgan fingerprint density at radius 2 is 2.29 bits per heavy atom. The molecule has 0 aliphatic rings. The summed E-state index contributed by atoms with van der Waals surface area (Å²) in [6.45, 7) is 3.17. The van der Waals surface area contributed by atoms with E-state index in [1.165, 1.54) is 0 Å². The second-order valence-corrected chi connectivity index (χ2v) is 5.23. The van der Waals surface area contributed by atoms with Crippen molar-refractivity contribution in [1.82, 2.24) is 14.5 Å². The highest BCUT2D eigenvalue weighted by molar-refractivity contribution is 7.98. The molecule has 0 aromatic carbocycles. The minimum absolute atomic E-state index is 0.630. The largest absolute Gasteiger partial charge is 0.368 e. The second kappa shape index (κ2) is 5.40. The summed E-state index contributed by atoms with van der Waals surface area (Å²) >= 11 is 1.87. The van der Waals surface area contributed by atoms with Crippen molar-refractivity contribution < 1.29 is 0 Å². The van der Waals surface area contributed by atoms with Crippen molar-refractivity contribution >= 4 is 28.6 Å². The first-order valence-corrected chi connectivity index (χ1v) is 7.10. The number of hydrogen-bond donors (Lipinski definition) is 1. The number of nitrogens with one attached hydrogen (secondary N) is 1. The van der Waals surface area contributed by atoms with Gasteiger partial charge < -0.3 is 9.88 Å². The Hall–Kier alpha value is -1.23. The maximum atomic E-state index is 4.37. The van der Waals surface area contributed by atoms with E-state index in [9.17, 15) is 0 Å². The van der Waals surface area contributed by atoms with E-state index in [4.69, 9.17) is 0 Å². The summed E-state index contributed by atoms with van der Waals surface area (Å²) in [5.74, 6) is 2.67. The average Bonchev–Trinajstić information content (AvgIpc) is 2.70. The molecule has 0 fully saturated rings. The van der Waals surface area contributed by atoms with Crippen LogP contribution in [0.2, 0.25) is 0 Å². The number of nitrogens with zero attached hydrogens (tertiary/aromatic N) is 3. The molecule has 0 radical (unpaired) electrons. The van der Waals surface area contributed by atoms with Gasteiger partial charge in [-0.1, -0.05) is 6.92 Å². The summed E-state index contributed by atoms with van der Waals surface area (Å²) < 4.78 is 2.01. The fourth-order valence-electron chi connectivity index (χ4n) is 1.81. The van der Waals surface area contributed by atoms with Gasteiger partial charge in [-0.25, -0.2) is 9.97 Å². The quantitative estimate of drug-likeness (QED) is 0.884. The van der Waals surface area contributed by atoms with E-state index in [1.54, 1.807) is 0 Å². The van der Waals surface area contributed by atoms with Gasteiger partial charge in [-0.3, -0.25) is 0 Å². The van der Waals surface area contributed by atoms with Gasteiger partial charge in [0.25, 0.3) is 0 Å². The van der Waals surface area contributed by atoms with Crippen LogP contribution >= 0.6 is 11.8 Å². The lowest BCUT2D eigenvalue weighted by Crippen LogP contribution is -2.14. The molecule has 0 spiro atoms. The van der Waals surface area contributed by atoms with E-state index in [1.807, 2.05) is 42.0 Å². The number of thioether (sulfide) groups is 1. The molecule has 1 unspecified atom stereocenters. The molecule has 0 saturated carbocycles. The molecule has 1 N–H and O–H groups in total. The molecule has 2 rings (SSSR count). The van der Waals surface area contributed by atoms with Crippen LogP contribution in [0.3, 0.4) is 0 Å². The van der Waals surface area contributed by atoms with Gasteiger partial charge in [0, 0.05) is 19.8 Å². The maximum Gasteiger partial charge on any atom is 0.154 e. The zero-order chi connectivity index (χ0) is 12.3. The molecule has 17 heavy (non-hydrogen) atoms. The Morgan fingerprint density at radius 1 is 1.47 bits per heavy atom. The van der Waals surface area contributed by atoms with Gasteiger partial charge in [-0.2, -0.15) is 11.8 Å². The first-order chi connectivity index (χ1) is 8.22. The Morgan fingerprint density at radius 3 is 3.06 bits per heavy atom. The SMILES string of the molecule is CSCC(C)CNc1nccc2c1ncn2C. The number of fused-ring (bicyclic) bond motifs is 1. The van der Waals surface area contributed by atoms with E-state index in [0.29, 0.717) is 5.92 Å². The summed E-state index contributed by atoms with van der Waals surface area (Å²) in [5, 5.41) is 3.39. The van der Waals surface area contributed by atoms with Gasteiger partial charge in [-0.05, 0) is 24.0 Å². The zero-order valence-electron chi connectivity index (χ0n) is 10.5. The Bertz CT molecular complexity index is 494. The van der Waals surface area contributed by atoms with Crippen LogP contribution in [0, 0.1) is 5.92 Å². The van der Waals surface area contributed by atoms with Crippen LogP contribution in [0.4, 0.5) is 5.82 Å². The highest BCUT2D eigenvalue weighted by atomic mass is 32.2. The van der Waals surface area contributed by atoms with E-state index < -0.39 is 0 Å². The Labute approximate surface area is 106 Å². The minimum Gasteiger partial charge on any atom is -0.368 e. The first-order valence-electron chi connectivity index (χ1n) is 5.71. The first kappa shape index (κ1) is 12.2. The fraction of sp³-hybridized carbons (Fsp3) is 0.500. The van der Waals surface area contributed by atoms with Gasteiger partial charge in [0.15, 0.2) is 5.82 Å². The van der Waals surface area contributed by atoms with Crippen molar-refractivity contribution in [2.45, 2.75) is 6.92 Å². The molecule has 2 aromatic heterocycles. The maximum absolute atomic E-state index is 4.37. The van der Waals surface area contributed by atoms with E-state index in [-0.39, 0.29) is 0 Å². The third kappa shape index (κ3) is 2.72. The van der Waals surface area contributed by atoms with Gasteiger partial charge in [0.1, 0.15) is 5.52 Å². The fourth-order valence-corrected chi connectivity index (χ4v) is 2.49. The molecule has 0 aliphatic heterocycles. The Balaban J connectivity index is 2.13. The van der Waals surface area contributed by atoms with Crippen molar-refractivity contribution in [3.05, 3.63) is 18.6 Å². The summed E-state index contributed by atoms with van der Waals surface area (Å²) in [6.07, 6.45) is 5.78. The predicted octanol–water partition coefficient (Wildman–Crippen LogP) is 2.38. The molecule has 0 amide bonds. The molecule has 2 aromatic rings. The molecule has 2 heterocycles. The summed E-state index contributed by atoms with van der Waals surface area (Å²) in [6, 6.07) is 1.98. The number of hydrogen-bond acceptors (Lipinski definition) is 4. The predicted molar refractivity (Wildman–Crippen MR) is 74.5 cm³/mol. The lowest BCUT2D eigenvalue weighted by Gasteiger charge is -2.11. The monoisotopic (exact) mass is 250 g/mol. The smallest absolute Gasteiger partial charge is 0.154 e. The number of aryl methyl sites for hydroxylation is 1. The number of imidazole rings is 1. The molecule has 0 bridgehead atoms. The van der Waals surface area contributed by atoms with Crippen molar-refractivity contribution in [2.24, 2.45) is 13.0 Å². The topological polar surface area (TPSA) is 42.7 Å². The summed E-state index contributed by atoms with van der Waals surface area (Å²) in [4.78, 5) is 8.73. The van der Waals surface area contributed by atoms with Crippen molar-refractivity contribution in [2.75, 3.05) is 23.9 Å². The highest BCUT2D eigenvalue weighted by Crippen LogP contribution is 2.18. The van der Waals surface area contributed by atoms with Crippen molar-refractivity contribution in [3.8, 4) is 0 Å². The average molecular weight is 250 g/mol. The Kier molecular flexibility index (Phi) is 3.89. The number of pyridine rings is 1.